The Bertz CT molecular complexity index is 943. The second-order valence-corrected chi connectivity index (χ2v) is 6.63. The molecule has 1 heterocycles. The van der Waals surface area contributed by atoms with E-state index in [2.05, 4.69) is 29.2 Å². The fourth-order valence-corrected chi connectivity index (χ4v) is 3.29. The highest BCUT2D eigenvalue weighted by atomic mass is 16.5. The molecule has 1 fully saturated rings. The van der Waals surface area contributed by atoms with Crippen LogP contribution in [0.2, 0.25) is 0 Å². The smallest absolute Gasteiger partial charge is 0.254 e. The van der Waals surface area contributed by atoms with E-state index in [1.807, 2.05) is 11.1 Å². The first kappa shape index (κ1) is 16.5. The number of nitrogens with zero attached hydrogens (tertiary/aromatic N) is 1. The Hall–Kier alpha value is -2.95. The topological polar surface area (TPSA) is 54.6 Å². The van der Waals surface area contributed by atoms with Crippen molar-refractivity contribution in [3.05, 3.63) is 59.8 Å². The predicted octanol–water partition coefficient (Wildman–Crippen LogP) is 3.99. The summed E-state index contributed by atoms with van der Waals surface area (Å²) >= 11 is 0. The molecule has 1 aliphatic carbocycles. The second-order valence-electron chi connectivity index (χ2n) is 6.63. The van der Waals surface area contributed by atoms with Crippen molar-refractivity contribution < 1.29 is 14.3 Å². The van der Waals surface area contributed by atoms with Crippen molar-refractivity contribution in [1.82, 2.24) is 9.88 Å². The zero-order valence-corrected chi connectivity index (χ0v) is 15.0. The van der Waals surface area contributed by atoms with Crippen molar-refractivity contribution in [3.63, 3.8) is 0 Å². The first-order valence-electron chi connectivity index (χ1n) is 8.78. The molecule has 5 nitrogen and oxygen atoms in total. The van der Waals surface area contributed by atoms with Crippen LogP contribution in [-0.2, 0) is 6.54 Å². The summed E-state index contributed by atoms with van der Waals surface area (Å²) in [4.78, 5) is 18.3. The minimum atomic E-state index is 0.0302. The van der Waals surface area contributed by atoms with Crippen LogP contribution in [0.5, 0.6) is 11.5 Å². The van der Waals surface area contributed by atoms with Crippen molar-refractivity contribution in [2.45, 2.75) is 25.4 Å². The van der Waals surface area contributed by atoms with Gasteiger partial charge >= 0.3 is 0 Å². The lowest BCUT2D eigenvalue weighted by molar-refractivity contribution is 0.0729. The first-order valence-corrected chi connectivity index (χ1v) is 8.78. The van der Waals surface area contributed by atoms with Crippen LogP contribution < -0.4 is 9.47 Å². The third-order valence-electron chi connectivity index (χ3n) is 4.85. The number of methoxy groups -OCH3 is 2. The fraction of sp³-hybridized carbons (Fsp3) is 0.286. The summed E-state index contributed by atoms with van der Waals surface area (Å²) in [7, 11) is 3.17. The number of amides is 1. The first-order chi connectivity index (χ1) is 12.7. The summed E-state index contributed by atoms with van der Waals surface area (Å²) < 4.78 is 10.6. The number of H-pyrrole nitrogens is 1. The van der Waals surface area contributed by atoms with E-state index in [0.717, 1.165) is 29.3 Å². The van der Waals surface area contributed by atoms with E-state index in [0.29, 0.717) is 29.6 Å². The molecule has 1 N–H and O–H groups in total. The van der Waals surface area contributed by atoms with Crippen LogP contribution in [0.25, 0.3) is 10.9 Å². The van der Waals surface area contributed by atoms with E-state index in [9.17, 15) is 4.79 Å². The number of carbonyl (C=O) groups is 1. The molecule has 3 aromatic rings. The van der Waals surface area contributed by atoms with E-state index in [-0.39, 0.29) is 5.91 Å². The number of fused-ring (bicyclic) bond motifs is 1. The van der Waals surface area contributed by atoms with Crippen LogP contribution in [0.1, 0.15) is 28.8 Å². The molecule has 2 aromatic carbocycles. The van der Waals surface area contributed by atoms with Crippen molar-refractivity contribution in [3.8, 4) is 11.5 Å². The highest BCUT2D eigenvalue weighted by molar-refractivity contribution is 5.95. The molecule has 1 saturated carbocycles. The zero-order valence-electron chi connectivity index (χ0n) is 15.0. The molecule has 0 radical (unpaired) electrons. The highest BCUT2D eigenvalue weighted by Crippen LogP contribution is 2.33. The van der Waals surface area contributed by atoms with E-state index in [1.165, 1.54) is 0 Å². The van der Waals surface area contributed by atoms with Gasteiger partial charge in [0.05, 0.1) is 14.2 Å². The Morgan fingerprint density at radius 2 is 1.88 bits per heavy atom. The summed E-state index contributed by atoms with van der Waals surface area (Å²) in [6.07, 6.45) is 4.05. The zero-order chi connectivity index (χ0) is 18.1. The molecular formula is C21H22N2O3. The minimum Gasteiger partial charge on any atom is -0.493 e. The number of rotatable bonds is 6. The minimum absolute atomic E-state index is 0.0302. The maximum absolute atomic E-state index is 13.1. The molecule has 1 aliphatic rings. The molecule has 0 aliphatic heterocycles. The Labute approximate surface area is 152 Å². The largest absolute Gasteiger partial charge is 0.493 e. The van der Waals surface area contributed by atoms with Gasteiger partial charge < -0.3 is 19.4 Å². The lowest BCUT2D eigenvalue weighted by atomic mass is 10.1. The molecule has 0 atom stereocenters. The van der Waals surface area contributed by atoms with Crippen LogP contribution >= 0.6 is 0 Å². The summed E-state index contributed by atoms with van der Waals surface area (Å²) in [5.74, 6) is 1.23. The molecule has 26 heavy (non-hydrogen) atoms. The van der Waals surface area contributed by atoms with Crippen LogP contribution in [0, 0.1) is 0 Å². The van der Waals surface area contributed by atoms with Crippen molar-refractivity contribution in [1.29, 1.82) is 0 Å². The Morgan fingerprint density at radius 1 is 1.08 bits per heavy atom. The molecule has 0 bridgehead atoms. The number of hydrogen-bond acceptors (Lipinski definition) is 3. The molecule has 0 saturated heterocycles. The Morgan fingerprint density at radius 3 is 2.62 bits per heavy atom. The van der Waals surface area contributed by atoms with E-state index in [1.54, 1.807) is 32.4 Å². The lowest BCUT2D eigenvalue weighted by Gasteiger charge is -2.23. The summed E-state index contributed by atoms with van der Waals surface area (Å²) in [6, 6.07) is 14.0. The molecule has 134 valence electrons. The third kappa shape index (κ3) is 3.12. The Kier molecular flexibility index (Phi) is 4.29. The van der Waals surface area contributed by atoms with E-state index in [4.69, 9.17) is 9.47 Å². The van der Waals surface area contributed by atoms with Crippen LogP contribution in [-0.4, -0.2) is 36.1 Å². The predicted molar refractivity (Wildman–Crippen MR) is 101 cm³/mol. The molecular weight excluding hydrogens is 328 g/mol. The number of carbonyl (C=O) groups excluding carboxylic acids is 1. The van der Waals surface area contributed by atoms with Crippen molar-refractivity contribution >= 4 is 16.8 Å². The molecule has 1 aromatic heterocycles. The number of ether oxygens (including phenoxy) is 2. The van der Waals surface area contributed by atoms with Gasteiger partial charge in [0.15, 0.2) is 11.5 Å². The lowest BCUT2D eigenvalue weighted by Crippen LogP contribution is -2.32. The number of benzene rings is 2. The van der Waals surface area contributed by atoms with Crippen LogP contribution in [0.15, 0.2) is 48.7 Å². The van der Waals surface area contributed by atoms with Gasteiger partial charge in [-0.2, -0.15) is 0 Å². The van der Waals surface area contributed by atoms with Gasteiger partial charge in [0.2, 0.25) is 0 Å². The van der Waals surface area contributed by atoms with Gasteiger partial charge in [-0.25, -0.2) is 0 Å². The normalized spacial score (nSPS) is 13.6. The highest BCUT2D eigenvalue weighted by Gasteiger charge is 2.33. The fourth-order valence-electron chi connectivity index (χ4n) is 3.29. The molecule has 4 rings (SSSR count). The van der Waals surface area contributed by atoms with Gasteiger partial charge in [0, 0.05) is 29.9 Å². The average Bonchev–Trinajstić information content (AvgIpc) is 3.41. The van der Waals surface area contributed by atoms with Gasteiger partial charge in [-0.15, -0.1) is 0 Å². The standard InChI is InChI=1S/C21H22N2O3/c1-25-19-8-4-16(12-20(19)26-2)21(24)23(17-5-6-17)13-14-3-7-18-15(11-14)9-10-22-18/h3-4,7-12,17,22H,5-6,13H2,1-2H3. The molecule has 5 heteroatoms. The summed E-state index contributed by atoms with van der Waals surface area (Å²) in [6.45, 7) is 0.610. The number of hydrogen-bond donors (Lipinski definition) is 1. The maximum atomic E-state index is 13.1. The van der Waals surface area contributed by atoms with Gasteiger partial charge in [-0.05, 0) is 60.2 Å². The van der Waals surface area contributed by atoms with Crippen LogP contribution in [0.4, 0.5) is 0 Å². The molecule has 0 unspecified atom stereocenters. The van der Waals surface area contributed by atoms with Crippen molar-refractivity contribution in [2.24, 2.45) is 0 Å². The number of aromatic nitrogens is 1. The van der Waals surface area contributed by atoms with Gasteiger partial charge in [-0.3, -0.25) is 4.79 Å². The monoisotopic (exact) mass is 350 g/mol. The van der Waals surface area contributed by atoms with Crippen LogP contribution in [0.3, 0.4) is 0 Å². The second kappa shape index (κ2) is 6.75. The summed E-state index contributed by atoms with van der Waals surface area (Å²) in [5, 5.41) is 1.16. The number of aromatic amines is 1. The van der Waals surface area contributed by atoms with Gasteiger partial charge in [0.25, 0.3) is 5.91 Å². The van der Waals surface area contributed by atoms with E-state index >= 15 is 0 Å². The third-order valence-corrected chi connectivity index (χ3v) is 4.85. The van der Waals surface area contributed by atoms with Gasteiger partial charge in [-0.1, -0.05) is 6.07 Å². The molecule has 0 spiro atoms. The quantitative estimate of drug-likeness (QED) is 0.731. The molecule has 1 amide bonds. The Balaban J connectivity index is 1.60. The average molecular weight is 350 g/mol. The number of nitrogens with one attached hydrogen (secondary N) is 1. The van der Waals surface area contributed by atoms with E-state index < -0.39 is 0 Å². The van der Waals surface area contributed by atoms with Gasteiger partial charge in [0.1, 0.15) is 0 Å². The maximum Gasteiger partial charge on any atom is 0.254 e. The SMILES string of the molecule is COc1ccc(C(=O)N(Cc2ccc3[nH]ccc3c2)C2CC2)cc1OC. The summed E-state index contributed by atoms with van der Waals surface area (Å²) in [5.41, 5.74) is 2.87. The van der Waals surface area contributed by atoms with Crippen molar-refractivity contribution in [2.75, 3.05) is 14.2 Å².